The van der Waals surface area contributed by atoms with Crippen molar-refractivity contribution in [3.63, 3.8) is 0 Å². The van der Waals surface area contributed by atoms with Crippen molar-refractivity contribution >= 4 is 17.4 Å². The van der Waals surface area contributed by atoms with Gasteiger partial charge in [-0.25, -0.2) is 0 Å². The number of nitrogens with one attached hydrogen (secondary N) is 1. The van der Waals surface area contributed by atoms with Gasteiger partial charge >= 0.3 is 0 Å². The van der Waals surface area contributed by atoms with Crippen molar-refractivity contribution in [2.45, 2.75) is 45.1 Å². The van der Waals surface area contributed by atoms with E-state index in [9.17, 15) is 9.59 Å². The second-order valence-corrected chi connectivity index (χ2v) is 5.18. The van der Waals surface area contributed by atoms with Crippen LogP contribution in [0.4, 0.5) is 5.69 Å². The zero-order valence-corrected chi connectivity index (χ0v) is 11.9. The first-order valence-corrected chi connectivity index (χ1v) is 7.18. The fourth-order valence-corrected chi connectivity index (χ4v) is 2.44. The van der Waals surface area contributed by atoms with Gasteiger partial charge in [-0.2, -0.15) is 0 Å². The summed E-state index contributed by atoms with van der Waals surface area (Å²) in [6, 6.07) is 7.09. The van der Waals surface area contributed by atoms with Crippen LogP contribution in [0.2, 0.25) is 0 Å². The fraction of sp³-hybridized carbons (Fsp3) is 0.500. The third-order valence-electron chi connectivity index (χ3n) is 3.55. The van der Waals surface area contributed by atoms with Crippen LogP contribution in [0, 0.1) is 0 Å². The van der Waals surface area contributed by atoms with E-state index in [4.69, 9.17) is 4.74 Å². The lowest BCUT2D eigenvalue weighted by Crippen LogP contribution is -2.22. The molecule has 0 bridgehead atoms. The standard InChI is InChI=1S/C16H21NO3/c1-12(18)14-7-2-3-8-15(14)17-16(19)10-9-13-6-4-5-11-20-13/h2-3,7-8,13H,4-6,9-11H2,1H3,(H,17,19). The number of benzene rings is 1. The highest BCUT2D eigenvalue weighted by molar-refractivity contribution is 6.03. The average molecular weight is 275 g/mol. The molecule has 1 aromatic rings. The molecule has 1 heterocycles. The summed E-state index contributed by atoms with van der Waals surface area (Å²) < 4.78 is 5.61. The predicted molar refractivity (Wildman–Crippen MR) is 77.9 cm³/mol. The zero-order chi connectivity index (χ0) is 14.4. The number of carbonyl (C=O) groups is 2. The summed E-state index contributed by atoms with van der Waals surface area (Å²) in [5, 5.41) is 2.82. The SMILES string of the molecule is CC(=O)c1ccccc1NC(=O)CCC1CCCCO1. The normalized spacial score (nSPS) is 18.6. The van der Waals surface area contributed by atoms with Crippen LogP contribution < -0.4 is 5.32 Å². The third kappa shape index (κ3) is 4.17. The van der Waals surface area contributed by atoms with Crippen LogP contribution in [-0.4, -0.2) is 24.4 Å². The summed E-state index contributed by atoms with van der Waals surface area (Å²) in [6.07, 6.45) is 4.72. The van der Waals surface area contributed by atoms with E-state index < -0.39 is 0 Å². The highest BCUT2D eigenvalue weighted by Crippen LogP contribution is 2.19. The zero-order valence-electron chi connectivity index (χ0n) is 11.9. The van der Waals surface area contributed by atoms with E-state index in [1.54, 1.807) is 18.2 Å². The van der Waals surface area contributed by atoms with Crippen LogP contribution in [0.3, 0.4) is 0 Å². The van der Waals surface area contributed by atoms with E-state index in [2.05, 4.69) is 5.32 Å². The van der Waals surface area contributed by atoms with E-state index in [1.807, 2.05) is 6.07 Å². The topological polar surface area (TPSA) is 55.4 Å². The molecule has 1 N–H and O–H groups in total. The number of anilines is 1. The summed E-state index contributed by atoms with van der Waals surface area (Å²) in [4.78, 5) is 23.4. The molecule has 108 valence electrons. The van der Waals surface area contributed by atoms with Crippen molar-refractivity contribution in [2.75, 3.05) is 11.9 Å². The first kappa shape index (κ1) is 14.7. The van der Waals surface area contributed by atoms with Gasteiger partial charge in [0.25, 0.3) is 0 Å². The maximum atomic E-state index is 12.0. The molecule has 1 aliphatic heterocycles. The minimum atomic E-state index is -0.0622. The molecule has 1 fully saturated rings. The van der Waals surface area contributed by atoms with Gasteiger partial charge in [0.1, 0.15) is 0 Å². The second kappa shape index (κ2) is 7.20. The number of rotatable bonds is 5. The lowest BCUT2D eigenvalue weighted by molar-refractivity contribution is -0.117. The highest BCUT2D eigenvalue weighted by atomic mass is 16.5. The maximum Gasteiger partial charge on any atom is 0.224 e. The summed E-state index contributed by atoms with van der Waals surface area (Å²) >= 11 is 0. The summed E-state index contributed by atoms with van der Waals surface area (Å²) in [5.74, 6) is -0.107. The molecule has 1 unspecified atom stereocenters. The number of amides is 1. The maximum absolute atomic E-state index is 12.0. The number of Topliss-reactive ketones (excluding diaryl/α,β-unsaturated/α-hetero) is 1. The van der Waals surface area contributed by atoms with Crippen molar-refractivity contribution in [2.24, 2.45) is 0 Å². The number of hydrogen-bond acceptors (Lipinski definition) is 3. The molecule has 0 saturated carbocycles. The quantitative estimate of drug-likeness (QED) is 0.840. The lowest BCUT2D eigenvalue weighted by atomic mass is 10.0. The Morgan fingerprint density at radius 1 is 1.30 bits per heavy atom. The Balaban J connectivity index is 1.86. The molecular weight excluding hydrogens is 254 g/mol. The van der Waals surface area contributed by atoms with E-state index in [0.717, 1.165) is 25.9 Å². The van der Waals surface area contributed by atoms with Crippen molar-refractivity contribution in [3.8, 4) is 0 Å². The minimum absolute atomic E-state index is 0.0449. The van der Waals surface area contributed by atoms with Gasteiger partial charge in [0.15, 0.2) is 5.78 Å². The molecule has 1 aromatic carbocycles. The van der Waals surface area contributed by atoms with Gasteiger partial charge in [-0.15, -0.1) is 0 Å². The van der Waals surface area contributed by atoms with Gasteiger partial charge in [0.05, 0.1) is 11.8 Å². The Hall–Kier alpha value is -1.68. The Morgan fingerprint density at radius 2 is 2.10 bits per heavy atom. The van der Waals surface area contributed by atoms with Gasteiger partial charge in [-0.3, -0.25) is 9.59 Å². The molecule has 4 nitrogen and oxygen atoms in total. The molecule has 0 aliphatic carbocycles. The van der Waals surface area contributed by atoms with Crippen molar-refractivity contribution < 1.29 is 14.3 Å². The fourth-order valence-electron chi connectivity index (χ4n) is 2.44. The number of ether oxygens (including phenoxy) is 1. The summed E-state index contributed by atoms with van der Waals surface area (Å²) in [7, 11) is 0. The summed E-state index contributed by atoms with van der Waals surface area (Å²) in [6.45, 7) is 2.31. The van der Waals surface area contributed by atoms with Gasteiger partial charge in [0.2, 0.25) is 5.91 Å². The summed E-state index contributed by atoms with van der Waals surface area (Å²) in [5.41, 5.74) is 1.14. The Bertz CT molecular complexity index is 478. The largest absolute Gasteiger partial charge is 0.378 e. The first-order valence-electron chi connectivity index (χ1n) is 7.18. The van der Waals surface area contributed by atoms with Crippen molar-refractivity contribution in [3.05, 3.63) is 29.8 Å². The number of carbonyl (C=O) groups excluding carboxylic acids is 2. The van der Waals surface area contributed by atoms with Crippen molar-refractivity contribution in [1.82, 2.24) is 0 Å². The molecule has 1 aliphatic rings. The number of hydrogen-bond donors (Lipinski definition) is 1. The molecule has 0 spiro atoms. The van der Waals surface area contributed by atoms with Crippen molar-refractivity contribution in [1.29, 1.82) is 0 Å². The Kier molecular flexibility index (Phi) is 5.30. The molecule has 0 aromatic heterocycles. The van der Waals surface area contributed by atoms with Crippen LogP contribution in [0.15, 0.2) is 24.3 Å². The van der Waals surface area contributed by atoms with Gasteiger partial charge in [0, 0.05) is 18.6 Å². The third-order valence-corrected chi connectivity index (χ3v) is 3.55. The molecule has 1 saturated heterocycles. The molecule has 1 atom stereocenters. The lowest BCUT2D eigenvalue weighted by Gasteiger charge is -2.22. The molecule has 1 amide bonds. The van der Waals surface area contributed by atoms with Gasteiger partial charge < -0.3 is 10.1 Å². The predicted octanol–water partition coefficient (Wildman–Crippen LogP) is 3.18. The average Bonchev–Trinajstić information content (AvgIpc) is 2.46. The monoisotopic (exact) mass is 275 g/mol. The van der Waals surface area contributed by atoms with E-state index in [1.165, 1.54) is 13.3 Å². The number of ketones is 1. The molecule has 0 radical (unpaired) electrons. The molecule has 4 heteroatoms. The van der Waals surface area contributed by atoms with Crippen LogP contribution in [0.25, 0.3) is 0 Å². The van der Waals surface area contributed by atoms with E-state index >= 15 is 0 Å². The smallest absolute Gasteiger partial charge is 0.224 e. The molecular formula is C16H21NO3. The van der Waals surface area contributed by atoms with Crippen LogP contribution >= 0.6 is 0 Å². The molecule has 20 heavy (non-hydrogen) atoms. The van der Waals surface area contributed by atoms with Crippen LogP contribution in [0.5, 0.6) is 0 Å². The minimum Gasteiger partial charge on any atom is -0.378 e. The number of para-hydroxylation sites is 1. The Labute approximate surface area is 119 Å². The van der Waals surface area contributed by atoms with Crippen LogP contribution in [-0.2, 0) is 9.53 Å². The molecule has 2 rings (SSSR count). The van der Waals surface area contributed by atoms with Gasteiger partial charge in [-0.1, -0.05) is 12.1 Å². The first-order chi connectivity index (χ1) is 9.66. The van der Waals surface area contributed by atoms with Crippen LogP contribution in [0.1, 0.15) is 49.4 Å². The van der Waals surface area contributed by atoms with E-state index in [0.29, 0.717) is 17.7 Å². The Morgan fingerprint density at radius 3 is 2.80 bits per heavy atom. The van der Waals surface area contributed by atoms with Gasteiger partial charge in [-0.05, 0) is 44.7 Å². The highest BCUT2D eigenvalue weighted by Gasteiger charge is 2.16. The second-order valence-electron chi connectivity index (χ2n) is 5.18. The van der Waals surface area contributed by atoms with E-state index in [-0.39, 0.29) is 17.8 Å².